The molecule has 0 unspecified atom stereocenters. The van der Waals surface area contributed by atoms with E-state index in [9.17, 15) is 26.3 Å². The van der Waals surface area contributed by atoms with Gasteiger partial charge in [-0.15, -0.1) is 0 Å². The van der Waals surface area contributed by atoms with Gasteiger partial charge in [-0.05, 0) is 80.3 Å². The van der Waals surface area contributed by atoms with E-state index in [1.165, 1.54) is 64.5 Å². The molecule has 0 fully saturated rings. The molecule has 0 heterocycles. The summed E-state index contributed by atoms with van der Waals surface area (Å²) in [4.78, 5) is 0. The fourth-order valence-corrected chi connectivity index (χ4v) is 11.5. The number of rotatable bonds is 7. The predicted molar refractivity (Wildman–Crippen MR) is 243 cm³/mol. The van der Waals surface area contributed by atoms with Crippen molar-refractivity contribution in [3.05, 3.63) is 194 Å². The van der Waals surface area contributed by atoms with Crippen LogP contribution < -0.4 is 31.8 Å². The van der Waals surface area contributed by atoms with Crippen molar-refractivity contribution >= 4 is 89.5 Å². The van der Waals surface area contributed by atoms with Crippen molar-refractivity contribution in [2.75, 3.05) is 0 Å². The molecule has 0 aromatic heterocycles. The molecule has 65 heavy (non-hydrogen) atoms. The van der Waals surface area contributed by atoms with Crippen molar-refractivity contribution in [1.29, 1.82) is 0 Å². The fraction of sp³-hybridized carbons (Fsp3) is 0.0435. The van der Waals surface area contributed by atoms with Crippen molar-refractivity contribution in [1.82, 2.24) is 0 Å². The van der Waals surface area contributed by atoms with Gasteiger partial charge in [0.05, 0.1) is 0 Å². The first-order valence-electron chi connectivity index (χ1n) is 18.3. The van der Waals surface area contributed by atoms with Crippen molar-refractivity contribution in [3.8, 4) is 11.1 Å². The Bertz CT molecular complexity index is 2730. The molecule has 4 N–H and O–H groups in total. The van der Waals surface area contributed by atoms with E-state index in [1.54, 1.807) is 0 Å². The SMILES string of the molecule is O.O.O=S(=O)([O-])C(F)(F)F.O=S(=O)([O-])C(F)(F)F.[Pd+2].c1ccc(P(c2ccccc2)c2ccc3ccccc3c2-c2c(P(c3ccccc3)c3ccccc3)ccc3ccccc23)cc1. The second-order valence-corrected chi connectivity index (χ2v) is 20.3. The smallest absolute Gasteiger partial charge is 0.741 e. The maximum atomic E-state index is 10.7. The zero-order valence-corrected chi connectivity index (χ0v) is 38.2. The normalized spacial score (nSPS) is 11.5. The molecular weight excluding hydrogens is 1030 g/mol. The number of benzene rings is 8. The topological polar surface area (TPSA) is 177 Å². The molecule has 0 bridgehead atoms. The van der Waals surface area contributed by atoms with Gasteiger partial charge in [-0.2, -0.15) is 26.3 Å². The summed E-state index contributed by atoms with van der Waals surface area (Å²) in [5.74, 6) is 0. The molecular formula is C46H36F6O8P2PdS2. The van der Waals surface area contributed by atoms with Crippen molar-refractivity contribution < 1.29 is 83.7 Å². The van der Waals surface area contributed by atoms with E-state index in [0.29, 0.717) is 0 Å². The van der Waals surface area contributed by atoms with Gasteiger partial charge in [0, 0.05) is 0 Å². The van der Waals surface area contributed by atoms with Crippen LogP contribution in [-0.2, 0) is 40.7 Å². The summed E-state index contributed by atoms with van der Waals surface area (Å²) >= 11 is 0. The average molecular weight is 1060 g/mol. The van der Waals surface area contributed by atoms with Gasteiger partial charge in [0.1, 0.15) is 0 Å². The van der Waals surface area contributed by atoms with Gasteiger partial charge < -0.3 is 20.1 Å². The van der Waals surface area contributed by atoms with Gasteiger partial charge in [0.2, 0.25) is 0 Å². The Labute approximate surface area is 387 Å². The van der Waals surface area contributed by atoms with Crippen LogP contribution in [0.1, 0.15) is 0 Å². The second kappa shape index (κ2) is 23.0. The first-order valence-corrected chi connectivity index (χ1v) is 23.8. The molecule has 19 heteroatoms. The summed E-state index contributed by atoms with van der Waals surface area (Å²) in [5.41, 5.74) is -8.59. The predicted octanol–water partition coefficient (Wildman–Crippen LogP) is 7.63. The maximum Gasteiger partial charge on any atom is 2.00 e. The molecule has 8 nitrogen and oxygen atoms in total. The Morgan fingerprint density at radius 1 is 0.354 bits per heavy atom. The molecule has 0 atom stereocenters. The first-order chi connectivity index (χ1) is 29.4. The fourth-order valence-electron chi connectivity index (χ4n) is 6.58. The van der Waals surface area contributed by atoms with Crippen molar-refractivity contribution in [3.63, 3.8) is 0 Å². The van der Waals surface area contributed by atoms with E-state index in [2.05, 4.69) is 194 Å². The van der Waals surface area contributed by atoms with Crippen LogP contribution in [0.4, 0.5) is 26.3 Å². The summed E-state index contributed by atoms with van der Waals surface area (Å²) in [6.45, 7) is 0. The molecule has 0 spiro atoms. The van der Waals surface area contributed by atoms with Crippen LogP contribution in [-0.4, -0.2) is 47.9 Å². The molecule has 8 aromatic carbocycles. The van der Waals surface area contributed by atoms with E-state index in [0.717, 1.165) is 0 Å². The van der Waals surface area contributed by atoms with Crippen LogP contribution in [0.5, 0.6) is 0 Å². The van der Waals surface area contributed by atoms with Gasteiger partial charge in [0.25, 0.3) is 0 Å². The molecule has 8 rings (SSSR count). The Morgan fingerprint density at radius 3 is 0.800 bits per heavy atom. The molecule has 8 aromatic rings. The molecule has 342 valence electrons. The molecule has 0 saturated heterocycles. The first kappa shape index (κ1) is 54.5. The van der Waals surface area contributed by atoms with Crippen molar-refractivity contribution in [2.45, 2.75) is 11.0 Å². The molecule has 0 aliphatic carbocycles. The summed E-state index contributed by atoms with van der Waals surface area (Å²) in [6, 6.07) is 71.8. The third-order valence-electron chi connectivity index (χ3n) is 9.17. The van der Waals surface area contributed by atoms with Crippen molar-refractivity contribution in [2.24, 2.45) is 0 Å². The minimum atomic E-state index is -6.09. The largest absolute Gasteiger partial charge is 2.00 e. The van der Waals surface area contributed by atoms with E-state index < -0.39 is 47.1 Å². The number of hydrogen-bond donors (Lipinski definition) is 0. The zero-order chi connectivity index (χ0) is 44.7. The zero-order valence-electron chi connectivity index (χ0n) is 33.2. The Hall–Kier alpha value is -4.88. The summed E-state index contributed by atoms with van der Waals surface area (Å²) < 4.78 is 118. The van der Waals surface area contributed by atoms with Gasteiger partial charge in [-0.1, -0.05) is 194 Å². The van der Waals surface area contributed by atoms with Crippen LogP contribution in [0.2, 0.25) is 0 Å². The maximum absolute atomic E-state index is 10.7. The Morgan fingerprint density at radius 2 is 0.569 bits per heavy atom. The second-order valence-electron chi connectivity index (χ2n) is 13.2. The molecule has 0 saturated carbocycles. The minimum absolute atomic E-state index is 0. The molecule has 0 aliphatic heterocycles. The van der Waals surface area contributed by atoms with E-state index in [4.69, 9.17) is 25.9 Å². The Balaban J connectivity index is 0.000000508. The minimum Gasteiger partial charge on any atom is -0.741 e. The monoisotopic (exact) mass is 1060 g/mol. The van der Waals surface area contributed by atoms with Crippen LogP contribution in [0.25, 0.3) is 32.7 Å². The van der Waals surface area contributed by atoms with Gasteiger partial charge in [-0.25, -0.2) is 16.8 Å². The van der Waals surface area contributed by atoms with Crippen LogP contribution >= 0.6 is 15.8 Å². The quantitative estimate of drug-likeness (QED) is 0.0521. The van der Waals surface area contributed by atoms with E-state index in [1.807, 2.05) is 0 Å². The summed E-state index contributed by atoms with van der Waals surface area (Å²) in [5, 5.41) is 13.3. The number of halogens is 6. The van der Waals surface area contributed by atoms with Gasteiger partial charge in [0.15, 0.2) is 20.2 Å². The van der Waals surface area contributed by atoms with E-state index in [-0.39, 0.29) is 31.4 Å². The molecule has 0 aliphatic rings. The van der Waals surface area contributed by atoms with Crippen LogP contribution in [0.3, 0.4) is 0 Å². The number of fused-ring (bicyclic) bond motifs is 2. The molecule has 0 amide bonds. The summed E-state index contributed by atoms with van der Waals surface area (Å²) in [7, 11) is -13.9. The standard InChI is InChI=1S/C44H32P2.2CHF3O3S.2H2O.Pd/c1-5-19-35(20-6-1)45(36-21-7-2-8-22-36)41-31-29-33-17-13-15-27-39(33)43(41)44-40-28-16-14-18-34(40)30-32-42(44)46(37-23-9-3-10-24-37)38-25-11-4-12-26-38;2*2-1(3,4)8(5,6)7;;;/h1-32H;2*(H,5,6,7);2*1H2;/q;;;;;+2/p-2. The summed E-state index contributed by atoms with van der Waals surface area (Å²) in [6.07, 6.45) is 0. The third-order valence-corrected chi connectivity index (χ3v) is 15.3. The molecule has 0 radical (unpaired) electrons. The van der Waals surface area contributed by atoms with Gasteiger partial charge in [-0.3, -0.25) is 0 Å². The number of alkyl halides is 6. The third kappa shape index (κ3) is 13.1. The Kier molecular flexibility index (Phi) is 19.3. The van der Waals surface area contributed by atoms with E-state index >= 15 is 0 Å². The van der Waals surface area contributed by atoms with Gasteiger partial charge >= 0.3 is 31.4 Å². The van der Waals surface area contributed by atoms with Crippen LogP contribution in [0.15, 0.2) is 194 Å². The average Bonchev–Trinajstić information content (AvgIpc) is 3.24. The van der Waals surface area contributed by atoms with Crippen LogP contribution in [0, 0.1) is 0 Å². The number of hydrogen-bond acceptors (Lipinski definition) is 6.